The number of phenolic OH excluding ortho intramolecular Hbond substituents is 1. The van der Waals surface area contributed by atoms with Crippen molar-refractivity contribution in [2.24, 2.45) is 4.99 Å². The topological polar surface area (TPSA) is 45.5 Å². The van der Waals surface area contributed by atoms with Gasteiger partial charge in [-0.2, -0.15) is 0 Å². The largest absolute Gasteiger partial charge is 0.504 e. The average Bonchev–Trinajstić information content (AvgIpc) is 3.07. The van der Waals surface area contributed by atoms with Gasteiger partial charge in [-0.3, -0.25) is 4.99 Å². The van der Waals surface area contributed by atoms with Crippen LogP contribution in [-0.4, -0.2) is 16.3 Å². The monoisotopic (exact) mass is 348 g/mol. The van der Waals surface area contributed by atoms with Crippen molar-refractivity contribution in [1.29, 1.82) is 0 Å². The molecule has 4 rings (SSSR count). The zero-order valence-electron chi connectivity index (χ0n) is 13.1. The maximum Gasteiger partial charge on any atom is 0.165 e. The van der Waals surface area contributed by atoms with Crippen molar-refractivity contribution in [1.82, 2.24) is 4.98 Å². The number of phenols is 1. The van der Waals surface area contributed by atoms with Crippen LogP contribution >= 0.6 is 11.3 Å². The molecule has 25 heavy (non-hydrogen) atoms. The van der Waals surface area contributed by atoms with E-state index in [4.69, 9.17) is 0 Å². The van der Waals surface area contributed by atoms with Gasteiger partial charge in [0.15, 0.2) is 11.6 Å². The molecule has 0 saturated heterocycles. The van der Waals surface area contributed by atoms with E-state index in [-0.39, 0.29) is 0 Å². The molecular weight excluding hydrogens is 335 g/mol. The number of hydrogen-bond donors (Lipinski definition) is 1. The Hall–Kier alpha value is -3.05. The number of halogens is 1. The summed E-state index contributed by atoms with van der Waals surface area (Å²) < 4.78 is 14.5. The van der Waals surface area contributed by atoms with Crippen molar-refractivity contribution in [2.45, 2.75) is 0 Å². The van der Waals surface area contributed by atoms with Gasteiger partial charge in [-0.25, -0.2) is 9.37 Å². The van der Waals surface area contributed by atoms with Crippen LogP contribution < -0.4 is 0 Å². The molecule has 0 spiro atoms. The summed E-state index contributed by atoms with van der Waals surface area (Å²) in [4.78, 5) is 8.92. The van der Waals surface area contributed by atoms with Crippen molar-refractivity contribution in [2.75, 3.05) is 0 Å². The van der Waals surface area contributed by atoms with Crippen LogP contribution in [0.1, 0.15) is 5.56 Å². The minimum absolute atomic E-state index is 0.343. The van der Waals surface area contributed by atoms with Gasteiger partial charge in [-0.05, 0) is 48.5 Å². The number of fused-ring (bicyclic) bond motifs is 1. The molecule has 0 saturated carbocycles. The van der Waals surface area contributed by atoms with E-state index in [0.29, 0.717) is 11.3 Å². The van der Waals surface area contributed by atoms with E-state index in [0.717, 1.165) is 20.8 Å². The summed E-state index contributed by atoms with van der Waals surface area (Å²) in [5.74, 6) is -1.05. The first-order valence-corrected chi connectivity index (χ1v) is 8.50. The van der Waals surface area contributed by atoms with E-state index < -0.39 is 11.6 Å². The summed E-state index contributed by atoms with van der Waals surface area (Å²) in [6, 6.07) is 20.0. The molecule has 3 aromatic carbocycles. The fraction of sp³-hybridized carbons (Fsp3) is 0. The highest BCUT2D eigenvalue weighted by Gasteiger charge is 2.06. The fourth-order valence-corrected chi connectivity index (χ4v) is 3.44. The average molecular weight is 348 g/mol. The zero-order valence-corrected chi connectivity index (χ0v) is 13.9. The van der Waals surface area contributed by atoms with Gasteiger partial charge < -0.3 is 5.11 Å². The van der Waals surface area contributed by atoms with Crippen molar-refractivity contribution in [3.8, 4) is 16.3 Å². The van der Waals surface area contributed by atoms with Crippen LogP contribution in [-0.2, 0) is 0 Å². The van der Waals surface area contributed by atoms with E-state index in [9.17, 15) is 9.50 Å². The molecule has 0 atom stereocenters. The van der Waals surface area contributed by atoms with Gasteiger partial charge in [0, 0.05) is 17.3 Å². The first kappa shape index (κ1) is 15.5. The molecule has 4 aromatic rings. The predicted molar refractivity (Wildman–Crippen MR) is 100 cm³/mol. The molecule has 0 radical (unpaired) electrons. The summed E-state index contributed by atoms with van der Waals surface area (Å²) in [6.07, 6.45) is 1.45. The molecule has 3 nitrogen and oxygen atoms in total. The lowest BCUT2D eigenvalue weighted by Crippen LogP contribution is -1.85. The van der Waals surface area contributed by atoms with Crippen molar-refractivity contribution < 1.29 is 9.50 Å². The second-order valence-electron chi connectivity index (χ2n) is 5.47. The molecule has 0 aliphatic rings. The minimum atomic E-state index is -0.657. The smallest absolute Gasteiger partial charge is 0.165 e. The SMILES string of the molecule is Oc1c(F)cccc1C=Nc1ccc(-c2nc3ccccc3s2)cc1. The first-order valence-electron chi connectivity index (χ1n) is 7.68. The molecule has 1 heterocycles. The number of para-hydroxylation sites is 2. The summed E-state index contributed by atoms with van der Waals surface area (Å²) in [7, 11) is 0. The van der Waals surface area contributed by atoms with Gasteiger partial charge in [-0.1, -0.05) is 18.2 Å². The van der Waals surface area contributed by atoms with Crippen LogP contribution in [0.4, 0.5) is 10.1 Å². The maximum atomic E-state index is 13.3. The third-order valence-electron chi connectivity index (χ3n) is 3.78. The third kappa shape index (κ3) is 3.14. The van der Waals surface area contributed by atoms with Crippen LogP contribution in [0.25, 0.3) is 20.8 Å². The Kier molecular flexibility index (Phi) is 3.99. The second kappa shape index (κ2) is 6.45. The molecule has 0 bridgehead atoms. The number of nitrogens with zero attached hydrogens (tertiary/aromatic N) is 2. The predicted octanol–water partition coefficient (Wildman–Crippen LogP) is 5.56. The van der Waals surface area contributed by atoms with E-state index >= 15 is 0 Å². The molecule has 0 fully saturated rings. The van der Waals surface area contributed by atoms with Crippen molar-refractivity contribution >= 4 is 33.5 Å². The lowest BCUT2D eigenvalue weighted by atomic mass is 10.2. The Morgan fingerprint density at radius 2 is 1.76 bits per heavy atom. The van der Waals surface area contributed by atoms with Crippen molar-refractivity contribution in [3.63, 3.8) is 0 Å². The lowest BCUT2D eigenvalue weighted by Gasteiger charge is -2.00. The highest BCUT2D eigenvalue weighted by molar-refractivity contribution is 7.21. The van der Waals surface area contributed by atoms with E-state index in [2.05, 4.69) is 16.0 Å². The molecule has 0 amide bonds. The number of aromatic hydroxyl groups is 1. The number of aromatic nitrogens is 1. The normalized spacial score (nSPS) is 11.4. The van der Waals surface area contributed by atoms with Crippen LogP contribution in [0.15, 0.2) is 71.7 Å². The zero-order chi connectivity index (χ0) is 17.2. The van der Waals surface area contributed by atoms with Crippen LogP contribution in [0.2, 0.25) is 0 Å². The Bertz CT molecular complexity index is 1040. The van der Waals surface area contributed by atoms with Crippen LogP contribution in [0, 0.1) is 5.82 Å². The van der Waals surface area contributed by atoms with E-state index in [1.165, 1.54) is 18.3 Å². The molecule has 1 aromatic heterocycles. The molecule has 5 heteroatoms. The van der Waals surface area contributed by atoms with Gasteiger partial charge in [0.2, 0.25) is 0 Å². The highest BCUT2D eigenvalue weighted by Crippen LogP contribution is 2.31. The summed E-state index contributed by atoms with van der Waals surface area (Å²) >= 11 is 1.65. The standard InChI is InChI=1S/C20H13FN2OS/c21-16-5-3-4-14(19(16)24)12-22-15-10-8-13(9-11-15)20-23-17-6-1-2-7-18(17)25-20/h1-12,24H. The second-order valence-corrected chi connectivity index (χ2v) is 6.50. The molecule has 1 N–H and O–H groups in total. The van der Waals surface area contributed by atoms with Crippen LogP contribution in [0.3, 0.4) is 0 Å². The van der Waals surface area contributed by atoms with Gasteiger partial charge in [0.25, 0.3) is 0 Å². The Balaban J connectivity index is 1.59. The fourth-order valence-electron chi connectivity index (χ4n) is 2.47. The Labute approximate surface area is 147 Å². The minimum Gasteiger partial charge on any atom is -0.504 e. The summed E-state index contributed by atoms with van der Waals surface area (Å²) in [5, 5.41) is 10.6. The Morgan fingerprint density at radius 3 is 2.56 bits per heavy atom. The van der Waals surface area contributed by atoms with Gasteiger partial charge >= 0.3 is 0 Å². The number of rotatable bonds is 3. The van der Waals surface area contributed by atoms with E-state index in [1.807, 2.05) is 42.5 Å². The highest BCUT2D eigenvalue weighted by atomic mass is 32.1. The molecule has 0 unspecified atom stereocenters. The van der Waals surface area contributed by atoms with Gasteiger partial charge in [0.05, 0.1) is 15.9 Å². The van der Waals surface area contributed by atoms with Gasteiger partial charge in [0.1, 0.15) is 5.01 Å². The summed E-state index contributed by atoms with van der Waals surface area (Å²) in [6.45, 7) is 0. The van der Waals surface area contributed by atoms with Crippen LogP contribution in [0.5, 0.6) is 5.75 Å². The quantitative estimate of drug-likeness (QED) is 0.493. The molecular formula is C20H13FN2OS. The first-order chi connectivity index (χ1) is 12.2. The number of benzene rings is 3. The summed E-state index contributed by atoms with van der Waals surface area (Å²) in [5.41, 5.74) is 3.07. The number of aliphatic imine (C=N–C) groups is 1. The number of hydrogen-bond acceptors (Lipinski definition) is 4. The molecule has 0 aliphatic heterocycles. The van der Waals surface area contributed by atoms with Gasteiger partial charge in [-0.15, -0.1) is 11.3 Å². The molecule has 122 valence electrons. The van der Waals surface area contributed by atoms with Crippen molar-refractivity contribution in [3.05, 3.63) is 78.1 Å². The number of thiazole rings is 1. The van der Waals surface area contributed by atoms with E-state index in [1.54, 1.807) is 17.4 Å². The third-order valence-corrected chi connectivity index (χ3v) is 4.86. The Morgan fingerprint density at radius 1 is 0.960 bits per heavy atom. The maximum absolute atomic E-state index is 13.3. The molecule has 0 aliphatic carbocycles. The lowest BCUT2D eigenvalue weighted by molar-refractivity contribution is 0.431.